The van der Waals surface area contributed by atoms with Gasteiger partial charge in [-0.2, -0.15) is 0 Å². The third kappa shape index (κ3) is 4.74. The van der Waals surface area contributed by atoms with Crippen LogP contribution in [0.3, 0.4) is 0 Å². The molecule has 0 spiro atoms. The molecule has 2 aromatic rings. The number of rotatable bonds is 7. The number of methoxy groups -OCH3 is 1. The molecule has 7 nitrogen and oxygen atoms in total. The Bertz CT molecular complexity index is 896. The smallest absolute Gasteiger partial charge is 0.243 e. The van der Waals surface area contributed by atoms with Crippen molar-refractivity contribution in [2.75, 3.05) is 32.1 Å². The van der Waals surface area contributed by atoms with Gasteiger partial charge < -0.3 is 24.4 Å². The van der Waals surface area contributed by atoms with Crippen molar-refractivity contribution in [3.63, 3.8) is 0 Å². The molecule has 0 aliphatic carbocycles. The highest BCUT2D eigenvalue weighted by molar-refractivity contribution is 5.95. The molecule has 158 valence electrons. The number of ether oxygens (including phenoxy) is 3. The molecule has 0 aromatic heterocycles. The van der Waals surface area contributed by atoms with Crippen molar-refractivity contribution >= 4 is 17.5 Å². The average Bonchev–Trinajstić information content (AvgIpc) is 3.39. The summed E-state index contributed by atoms with van der Waals surface area (Å²) in [6.45, 7) is 1.23. The Labute approximate surface area is 175 Å². The van der Waals surface area contributed by atoms with Crippen LogP contribution in [-0.2, 0) is 14.3 Å². The van der Waals surface area contributed by atoms with E-state index in [2.05, 4.69) is 5.32 Å². The van der Waals surface area contributed by atoms with Gasteiger partial charge in [-0.15, -0.1) is 0 Å². The Morgan fingerprint density at radius 3 is 2.77 bits per heavy atom. The molecule has 1 N–H and O–H groups in total. The molecule has 4 rings (SSSR count). The summed E-state index contributed by atoms with van der Waals surface area (Å²) in [7, 11) is 1.60. The number of nitrogens with zero attached hydrogens (tertiary/aromatic N) is 1. The topological polar surface area (TPSA) is 77.1 Å². The van der Waals surface area contributed by atoms with E-state index in [1.54, 1.807) is 12.0 Å². The van der Waals surface area contributed by atoms with E-state index in [1.807, 2.05) is 48.5 Å². The number of amides is 2. The van der Waals surface area contributed by atoms with Crippen LogP contribution in [0.25, 0.3) is 0 Å². The van der Waals surface area contributed by atoms with E-state index >= 15 is 0 Å². The number of nitrogens with one attached hydrogen (secondary N) is 1. The van der Waals surface area contributed by atoms with E-state index in [4.69, 9.17) is 14.2 Å². The fourth-order valence-corrected chi connectivity index (χ4v) is 3.87. The largest absolute Gasteiger partial charge is 0.493 e. The molecule has 2 fully saturated rings. The lowest BCUT2D eigenvalue weighted by Gasteiger charge is -2.19. The molecule has 2 aromatic carbocycles. The van der Waals surface area contributed by atoms with E-state index in [0.717, 1.165) is 24.1 Å². The lowest BCUT2D eigenvalue weighted by Crippen LogP contribution is -2.34. The second kappa shape index (κ2) is 9.17. The van der Waals surface area contributed by atoms with Crippen LogP contribution in [0.4, 0.5) is 5.69 Å². The molecule has 0 bridgehead atoms. The van der Waals surface area contributed by atoms with Gasteiger partial charge in [0.1, 0.15) is 0 Å². The summed E-state index contributed by atoms with van der Waals surface area (Å²) < 4.78 is 17.0. The molecule has 7 heteroatoms. The Kier molecular flexibility index (Phi) is 6.18. The van der Waals surface area contributed by atoms with Crippen LogP contribution in [0.2, 0.25) is 0 Å². The average molecular weight is 410 g/mol. The van der Waals surface area contributed by atoms with Crippen molar-refractivity contribution in [2.45, 2.75) is 31.5 Å². The predicted molar refractivity (Wildman–Crippen MR) is 112 cm³/mol. The summed E-state index contributed by atoms with van der Waals surface area (Å²) in [6, 6.07) is 15.0. The summed E-state index contributed by atoms with van der Waals surface area (Å²) in [6.07, 6.45) is 1.92. The molecule has 2 amide bonds. The number of hydrogen-bond donors (Lipinski definition) is 1. The van der Waals surface area contributed by atoms with Gasteiger partial charge in [-0.05, 0) is 36.2 Å². The van der Waals surface area contributed by atoms with Gasteiger partial charge in [-0.1, -0.05) is 24.3 Å². The van der Waals surface area contributed by atoms with Gasteiger partial charge in [-0.3, -0.25) is 9.59 Å². The number of anilines is 1. The highest BCUT2D eigenvalue weighted by atomic mass is 16.7. The number of carbonyl (C=O) groups is 2. The minimum atomic E-state index is -0.266. The van der Waals surface area contributed by atoms with Gasteiger partial charge in [0.05, 0.1) is 20.3 Å². The molecule has 2 aliphatic heterocycles. The van der Waals surface area contributed by atoms with E-state index < -0.39 is 0 Å². The monoisotopic (exact) mass is 410 g/mol. The molecule has 0 saturated carbocycles. The number of hydrogen-bond acceptors (Lipinski definition) is 5. The molecule has 2 atom stereocenters. The molecule has 1 unspecified atom stereocenters. The summed E-state index contributed by atoms with van der Waals surface area (Å²) >= 11 is 0. The predicted octanol–water partition coefficient (Wildman–Crippen LogP) is 3.17. The van der Waals surface area contributed by atoms with Crippen molar-refractivity contribution in [3.05, 3.63) is 54.1 Å². The lowest BCUT2D eigenvalue weighted by molar-refractivity contribution is -0.131. The van der Waals surface area contributed by atoms with Crippen LogP contribution in [0.1, 0.15) is 30.7 Å². The van der Waals surface area contributed by atoms with E-state index in [-0.39, 0.29) is 30.6 Å². The standard InChI is InChI=1S/C23H26N2O5/c1-28-19-10-9-16(12-20(19)30-23-8-5-11-29-23)17-13-22(27)25(14-17)15-21(26)24-18-6-3-2-4-7-18/h2-4,6-7,9-10,12,17,23H,5,8,11,13-15H2,1H3,(H,24,26)/t17-,23?/m1/s1. The van der Waals surface area contributed by atoms with Gasteiger partial charge >= 0.3 is 0 Å². The van der Waals surface area contributed by atoms with Crippen LogP contribution in [-0.4, -0.2) is 49.8 Å². The molecule has 0 radical (unpaired) electrons. The second-order valence-corrected chi connectivity index (χ2v) is 7.56. The van der Waals surface area contributed by atoms with Gasteiger partial charge in [0.15, 0.2) is 17.8 Å². The number of benzene rings is 2. The van der Waals surface area contributed by atoms with Gasteiger partial charge in [0.2, 0.25) is 11.8 Å². The van der Waals surface area contributed by atoms with Gasteiger partial charge in [0.25, 0.3) is 0 Å². The zero-order valence-corrected chi connectivity index (χ0v) is 17.0. The van der Waals surface area contributed by atoms with Crippen molar-refractivity contribution in [2.24, 2.45) is 0 Å². The highest BCUT2D eigenvalue weighted by Gasteiger charge is 2.32. The van der Waals surface area contributed by atoms with E-state index in [9.17, 15) is 9.59 Å². The Morgan fingerprint density at radius 2 is 2.03 bits per heavy atom. The Balaban J connectivity index is 1.41. The molecular weight excluding hydrogens is 384 g/mol. The highest BCUT2D eigenvalue weighted by Crippen LogP contribution is 2.36. The quantitative estimate of drug-likeness (QED) is 0.759. The van der Waals surface area contributed by atoms with Crippen LogP contribution in [0.5, 0.6) is 11.5 Å². The van der Waals surface area contributed by atoms with Crippen LogP contribution in [0, 0.1) is 0 Å². The van der Waals surface area contributed by atoms with Crippen molar-refractivity contribution < 1.29 is 23.8 Å². The maximum atomic E-state index is 12.5. The fourth-order valence-electron chi connectivity index (χ4n) is 3.87. The Morgan fingerprint density at radius 1 is 1.20 bits per heavy atom. The third-order valence-corrected chi connectivity index (χ3v) is 5.41. The van der Waals surface area contributed by atoms with E-state index in [1.165, 1.54) is 0 Å². The number of carbonyl (C=O) groups excluding carboxylic acids is 2. The normalized spacial score (nSPS) is 21.0. The van der Waals surface area contributed by atoms with Crippen LogP contribution < -0.4 is 14.8 Å². The molecule has 2 saturated heterocycles. The Hall–Kier alpha value is -3.06. The maximum Gasteiger partial charge on any atom is 0.243 e. The first-order valence-electron chi connectivity index (χ1n) is 10.2. The number of para-hydroxylation sites is 1. The third-order valence-electron chi connectivity index (χ3n) is 5.41. The number of likely N-dealkylation sites (tertiary alicyclic amines) is 1. The first kappa shape index (κ1) is 20.2. The first-order chi connectivity index (χ1) is 14.6. The van der Waals surface area contributed by atoms with Crippen molar-refractivity contribution in [1.29, 1.82) is 0 Å². The SMILES string of the molecule is COc1ccc([C@@H]2CC(=O)N(CC(=O)Nc3ccccc3)C2)cc1OC1CCCO1. The summed E-state index contributed by atoms with van der Waals surface area (Å²) in [5.74, 6) is 1.03. The minimum absolute atomic E-state index is 0.000206. The fraction of sp³-hybridized carbons (Fsp3) is 0.391. The van der Waals surface area contributed by atoms with Gasteiger partial charge in [-0.25, -0.2) is 0 Å². The molecule has 2 aliphatic rings. The maximum absolute atomic E-state index is 12.5. The van der Waals surface area contributed by atoms with E-state index in [0.29, 0.717) is 31.1 Å². The molecule has 2 heterocycles. The van der Waals surface area contributed by atoms with Crippen LogP contribution >= 0.6 is 0 Å². The van der Waals surface area contributed by atoms with Crippen LogP contribution in [0.15, 0.2) is 48.5 Å². The van der Waals surface area contributed by atoms with Gasteiger partial charge in [0, 0.05) is 31.0 Å². The van der Waals surface area contributed by atoms with Crippen molar-refractivity contribution in [1.82, 2.24) is 4.90 Å². The minimum Gasteiger partial charge on any atom is -0.493 e. The molecule has 30 heavy (non-hydrogen) atoms. The van der Waals surface area contributed by atoms with Crippen molar-refractivity contribution in [3.8, 4) is 11.5 Å². The lowest BCUT2D eigenvalue weighted by atomic mass is 9.98. The molecular formula is C23H26N2O5. The summed E-state index contributed by atoms with van der Waals surface area (Å²) in [5, 5.41) is 2.83. The summed E-state index contributed by atoms with van der Waals surface area (Å²) in [4.78, 5) is 26.4. The summed E-state index contributed by atoms with van der Waals surface area (Å²) in [5.41, 5.74) is 1.71. The zero-order valence-electron chi connectivity index (χ0n) is 17.0. The zero-order chi connectivity index (χ0) is 20.9. The second-order valence-electron chi connectivity index (χ2n) is 7.56. The first-order valence-corrected chi connectivity index (χ1v) is 10.2.